The van der Waals surface area contributed by atoms with Gasteiger partial charge < -0.3 is 10.1 Å². The second-order valence-electron chi connectivity index (χ2n) is 4.50. The van der Waals surface area contributed by atoms with E-state index in [0.29, 0.717) is 27.1 Å². The first-order chi connectivity index (χ1) is 9.88. The van der Waals surface area contributed by atoms with Crippen LogP contribution >= 0.6 is 15.9 Å². The Morgan fingerprint density at radius 2 is 2.19 bits per heavy atom. The van der Waals surface area contributed by atoms with E-state index in [1.54, 1.807) is 6.92 Å². The topological polar surface area (TPSA) is 83.0 Å². The molecule has 5 nitrogen and oxygen atoms in total. The fourth-order valence-corrected chi connectivity index (χ4v) is 2.48. The van der Waals surface area contributed by atoms with Gasteiger partial charge in [-0.2, -0.15) is 0 Å². The number of halogens is 2. The third kappa shape index (κ3) is 3.55. The predicted molar refractivity (Wildman–Crippen MR) is 78.6 cm³/mol. The van der Waals surface area contributed by atoms with Crippen molar-refractivity contribution in [1.29, 1.82) is 0 Å². The van der Waals surface area contributed by atoms with E-state index in [9.17, 15) is 14.0 Å². The van der Waals surface area contributed by atoms with Crippen LogP contribution in [-0.2, 0) is 11.2 Å². The molecule has 0 aliphatic rings. The van der Waals surface area contributed by atoms with Gasteiger partial charge in [-0.05, 0) is 47.5 Å². The number of hydrogen-bond acceptors (Lipinski definition) is 3. The van der Waals surface area contributed by atoms with Crippen LogP contribution in [0.3, 0.4) is 0 Å². The highest BCUT2D eigenvalue weighted by Gasteiger charge is 2.13. The molecule has 2 N–H and O–H groups in total. The van der Waals surface area contributed by atoms with Gasteiger partial charge >= 0.3 is 5.97 Å². The third-order valence-electron chi connectivity index (χ3n) is 3.00. The molecule has 1 heterocycles. The summed E-state index contributed by atoms with van der Waals surface area (Å²) < 4.78 is 13.6. The average Bonchev–Trinajstić information content (AvgIpc) is 2.37. The molecule has 0 amide bonds. The summed E-state index contributed by atoms with van der Waals surface area (Å²) in [5.74, 6) is -1.06. The Labute approximate surface area is 128 Å². The zero-order chi connectivity index (χ0) is 15.6. The summed E-state index contributed by atoms with van der Waals surface area (Å²) in [5.41, 5.74) is 0.988. The summed E-state index contributed by atoms with van der Waals surface area (Å²) in [6.45, 7) is 1.65. The Morgan fingerprint density at radius 1 is 1.48 bits per heavy atom. The lowest BCUT2D eigenvalue weighted by Gasteiger charge is -2.08. The highest BCUT2D eigenvalue weighted by molar-refractivity contribution is 9.10. The molecular formula is C14H12BrFN2O3. The van der Waals surface area contributed by atoms with E-state index in [4.69, 9.17) is 5.11 Å². The minimum absolute atomic E-state index is 0.119. The maximum absolute atomic E-state index is 13.1. The molecule has 1 aromatic heterocycles. The van der Waals surface area contributed by atoms with Crippen LogP contribution in [0.4, 0.5) is 4.39 Å². The molecule has 0 bridgehead atoms. The van der Waals surface area contributed by atoms with Gasteiger partial charge in [0.05, 0.1) is 0 Å². The molecule has 0 atom stereocenters. The Hall–Kier alpha value is -2.02. The lowest BCUT2D eigenvalue weighted by molar-refractivity contribution is -0.136. The van der Waals surface area contributed by atoms with Crippen molar-refractivity contribution in [3.05, 3.63) is 50.1 Å². The Bertz CT molecular complexity index is 758. The number of aromatic amines is 1. The molecule has 0 aliphatic heterocycles. The number of aromatic nitrogens is 2. The molecule has 21 heavy (non-hydrogen) atoms. The Balaban J connectivity index is 2.44. The minimum Gasteiger partial charge on any atom is -0.481 e. The maximum atomic E-state index is 13.1. The molecule has 1 aromatic carbocycles. The van der Waals surface area contributed by atoms with E-state index in [-0.39, 0.29) is 18.4 Å². The van der Waals surface area contributed by atoms with Gasteiger partial charge in [0, 0.05) is 27.7 Å². The van der Waals surface area contributed by atoms with E-state index in [1.165, 1.54) is 18.2 Å². The second kappa shape index (κ2) is 6.17. The predicted octanol–water partition coefficient (Wildman–Crippen LogP) is 2.66. The quantitative estimate of drug-likeness (QED) is 0.883. The average molecular weight is 355 g/mol. The minimum atomic E-state index is -0.973. The van der Waals surface area contributed by atoms with Crippen LogP contribution in [0.1, 0.15) is 17.7 Å². The summed E-state index contributed by atoms with van der Waals surface area (Å²) in [6.07, 6.45) is -0.0143. The van der Waals surface area contributed by atoms with Crippen molar-refractivity contribution >= 4 is 21.9 Å². The molecule has 0 unspecified atom stereocenters. The summed E-state index contributed by atoms with van der Waals surface area (Å²) in [5, 5.41) is 8.68. The SMILES string of the molecule is Cc1nc(-c2ccc(F)cc2Br)[nH]c(=O)c1CCC(=O)O. The number of rotatable bonds is 4. The zero-order valence-corrected chi connectivity index (χ0v) is 12.7. The van der Waals surface area contributed by atoms with Crippen LogP contribution in [-0.4, -0.2) is 21.0 Å². The Kier molecular flexibility index (Phi) is 4.52. The first-order valence-electron chi connectivity index (χ1n) is 6.15. The summed E-state index contributed by atoms with van der Waals surface area (Å²) >= 11 is 3.22. The van der Waals surface area contributed by atoms with E-state index in [1.807, 2.05) is 0 Å². The first-order valence-corrected chi connectivity index (χ1v) is 6.95. The number of carboxylic acids is 1. The highest BCUT2D eigenvalue weighted by Crippen LogP contribution is 2.26. The van der Waals surface area contributed by atoms with Crippen molar-refractivity contribution in [2.75, 3.05) is 0 Å². The smallest absolute Gasteiger partial charge is 0.303 e. The number of benzene rings is 1. The number of H-pyrrole nitrogens is 1. The van der Waals surface area contributed by atoms with Gasteiger partial charge in [0.1, 0.15) is 11.6 Å². The Morgan fingerprint density at radius 3 is 2.76 bits per heavy atom. The van der Waals surface area contributed by atoms with E-state index in [2.05, 4.69) is 25.9 Å². The lowest BCUT2D eigenvalue weighted by Crippen LogP contribution is -2.18. The van der Waals surface area contributed by atoms with Crippen molar-refractivity contribution in [3.8, 4) is 11.4 Å². The number of nitrogens with zero attached hydrogens (tertiary/aromatic N) is 1. The van der Waals surface area contributed by atoms with Crippen LogP contribution in [0.25, 0.3) is 11.4 Å². The standard InChI is InChI=1S/C14H12BrFN2O3/c1-7-9(4-5-12(19)20)14(21)18-13(17-7)10-3-2-8(16)6-11(10)15/h2-3,6H,4-5H2,1H3,(H,19,20)(H,17,18,21). The molecule has 0 aliphatic carbocycles. The van der Waals surface area contributed by atoms with Crippen molar-refractivity contribution in [2.24, 2.45) is 0 Å². The van der Waals surface area contributed by atoms with Gasteiger partial charge in [0.2, 0.25) is 0 Å². The highest BCUT2D eigenvalue weighted by atomic mass is 79.9. The molecule has 0 spiro atoms. The molecule has 2 aromatic rings. The number of aryl methyl sites for hydroxylation is 1. The number of carboxylic acid groups (broad SMARTS) is 1. The van der Waals surface area contributed by atoms with Crippen molar-refractivity contribution in [1.82, 2.24) is 9.97 Å². The molecule has 0 fully saturated rings. The summed E-state index contributed by atoms with van der Waals surface area (Å²) in [6, 6.07) is 4.06. The van der Waals surface area contributed by atoms with Gasteiger partial charge in [-0.1, -0.05) is 0 Å². The van der Waals surface area contributed by atoms with Crippen molar-refractivity contribution < 1.29 is 14.3 Å². The van der Waals surface area contributed by atoms with Crippen LogP contribution in [0, 0.1) is 12.7 Å². The number of hydrogen-bond donors (Lipinski definition) is 2. The molecule has 110 valence electrons. The van der Waals surface area contributed by atoms with Crippen LogP contribution in [0.5, 0.6) is 0 Å². The molecular weight excluding hydrogens is 343 g/mol. The summed E-state index contributed by atoms with van der Waals surface area (Å²) in [7, 11) is 0. The largest absolute Gasteiger partial charge is 0.481 e. The monoisotopic (exact) mass is 354 g/mol. The van der Waals surface area contributed by atoms with Crippen molar-refractivity contribution in [3.63, 3.8) is 0 Å². The normalized spacial score (nSPS) is 10.6. The molecule has 2 rings (SSSR count). The lowest BCUT2D eigenvalue weighted by atomic mass is 10.1. The molecule has 0 saturated heterocycles. The van der Waals surface area contributed by atoms with Gasteiger partial charge in [-0.25, -0.2) is 9.37 Å². The van der Waals surface area contributed by atoms with E-state index < -0.39 is 11.8 Å². The second-order valence-corrected chi connectivity index (χ2v) is 5.35. The number of carbonyl (C=O) groups is 1. The molecule has 0 radical (unpaired) electrons. The number of nitrogens with one attached hydrogen (secondary N) is 1. The van der Waals surface area contributed by atoms with Gasteiger partial charge in [-0.3, -0.25) is 9.59 Å². The molecule has 0 saturated carbocycles. The van der Waals surface area contributed by atoms with E-state index >= 15 is 0 Å². The maximum Gasteiger partial charge on any atom is 0.303 e. The third-order valence-corrected chi connectivity index (χ3v) is 3.65. The van der Waals surface area contributed by atoms with E-state index in [0.717, 1.165) is 0 Å². The first kappa shape index (κ1) is 15.4. The van der Waals surface area contributed by atoms with Crippen LogP contribution in [0.15, 0.2) is 27.5 Å². The van der Waals surface area contributed by atoms with Crippen LogP contribution < -0.4 is 5.56 Å². The molecule has 7 heteroatoms. The van der Waals surface area contributed by atoms with Gasteiger partial charge in [0.25, 0.3) is 5.56 Å². The fourth-order valence-electron chi connectivity index (χ4n) is 1.95. The van der Waals surface area contributed by atoms with Crippen molar-refractivity contribution in [2.45, 2.75) is 19.8 Å². The zero-order valence-electron chi connectivity index (χ0n) is 11.1. The fraction of sp³-hybridized carbons (Fsp3) is 0.214. The number of aliphatic carboxylic acids is 1. The van der Waals surface area contributed by atoms with Crippen LogP contribution in [0.2, 0.25) is 0 Å². The summed E-state index contributed by atoms with van der Waals surface area (Å²) in [4.78, 5) is 29.5. The van der Waals surface area contributed by atoms with Gasteiger partial charge in [0.15, 0.2) is 0 Å². The van der Waals surface area contributed by atoms with Gasteiger partial charge in [-0.15, -0.1) is 0 Å².